The zero-order valence-corrected chi connectivity index (χ0v) is 16.8. The molecule has 1 aliphatic rings. The van der Waals surface area contributed by atoms with Gasteiger partial charge in [-0.15, -0.1) is 0 Å². The van der Waals surface area contributed by atoms with E-state index in [9.17, 15) is 5.11 Å². The molecule has 0 amide bonds. The predicted molar refractivity (Wildman–Crippen MR) is 113 cm³/mol. The van der Waals surface area contributed by atoms with E-state index in [0.29, 0.717) is 19.5 Å². The van der Waals surface area contributed by atoms with E-state index in [-0.39, 0.29) is 12.1 Å². The molecule has 8 heteroatoms. The summed E-state index contributed by atoms with van der Waals surface area (Å²) < 4.78 is 2.09. The van der Waals surface area contributed by atoms with Crippen molar-refractivity contribution in [2.75, 3.05) is 37.0 Å². The van der Waals surface area contributed by atoms with Crippen LogP contribution in [-0.2, 0) is 6.54 Å². The van der Waals surface area contributed by atoms with Crippen LogP contribution in [0.25, 0.3) is 5.69 Å². The van der Waals surface area contributed by atoms with Crippen LogP contribution in [0.5, 0.6) is 0 Å². The maximum Gasteiger partial charge on any atom is 0.134 e. The first-order valence-corrected chi connectivity index (χ1v) is 9.84. The first-order valence-electron chi connectivity index (χ1n) is 9.84. The minimum atomic E-state index is -0.356. The lowest BCUT2D eigenvalue weighted by Crippen LogP contribution is -2.38. The Hall–Kier alpha value is -2.97. The summed E-state index contributed by atoms with van der Waals surface area (Å²) in [6.45, 7) is 1.96. The molecule has 0 saturated carbocycles. The van der Waals surface area contributed by atoms with Crippen molar-refractivity contribution in [1.29, 1.82) is 0 Å². The average molecular weight is 393 g/mol. The van der Waals surface area contributed by atoms with Gasteiger partial charge in [-0.2, -0.15) is 0 Å². The molecule has 1 aliphatic heterocycles. The Morgan fingerprint density at radius 2 is 2.00 bits per heavy atom. The van der Waals surface area contributed by atoms with Gasteiger partial charge in [0.15, 0.2) is 0 Å². The van der Waals surface area contributed by atoms with E-state index in [1.807, 2.05) is 55.7 Å². The number of rotatable bonds is 7. The van der Waals surface area contributed by atoms with Gasteiger partial charge < -0.3 is 24.8 Å². The molecule has 3 heterocycles. The first-order chi connectivity index (χ1) is 14.1. The van der Waals surface area contributed by atoms with Gasteiger partial charge in [-0.05, 0) is 18.6 Å². The number of anilines is 2. The van der Waals surface area contributed by atoms with Crippen LogP contribution in [0, 0.1) is 0 Å². The number of hydrogen-bond donors (Lipinski definition) is 2. The number of aromatic nitrogens is 4. The zero-order valence-electron chi connectivity index (χ0n) is 16.8. The van der Waals surface area contributed by atoms with Gasteiger partial charge in [0, 0.05) is 57.4 Å². The highest BCUT2D eigenvalue weighted by atomic mass is 16.3. The topological polar surface area (TPSA) is 82.3 Å². The Balaban J connectivity index is 1.42. The molecule has 152 valence electrons. The summed E-state index contributed by atoms with van der Waals surface area (Å²) in [6, 6.07) is 12.3. The Bertz CT molecular complexity index is 928. The molecule has 0 radical (unpaired) electrons. The monoisotopic (exact) mass is 393 g/mol. The van der Waals surface area contributed by atoms with E-state index in [1.54, 1.807) is 6.33 Å². The summed E-state index contributed by atoms with van der Waals surface area (Å²) >= 11 is 0. The molecule has 3 aromatic rings. The molecule has 0 bridgehead atoms. The molecule has 1 aromatic carbocycles. The highest BCUT2D eigenvalue weighted by molar-refractivity contribution is 5.51. The third kappa shape index (κ3) is 4.38. The van der Waals surface area contributed by atoms with Crippen molar-refractivity contribution in [3.63, 3.8) is 0 Å². The van der Waals surface area contributed by atoms with Gasteiger partial charge in [-0.1, -0.05) is 18.2 Å². The van der Waals surface area contributed by atoms with E-state index < -0.39 is 0 Å². The van der Waals surface area contributed by atoms with Gasteiger partial charge in [0.05, 0.1) is 12.6 Å². The highest BCUT2D eigenvalue weighted by Crippen LogP contribution is 2.25. The van der Waals surface area contributed by atoms with E-state index in [1.165, 1.54) is 0 Å². The number of nitrogens with one attached hydrogen (secondary N) is 1. The highest BCUT2D eigenvalue weighted by Gasteiger charge is 2.31. The molecule has 8 nitrogen and oxygen atoms in total. The van der Waals surface area contributed by atoms with Crippen LogP contribution < -0.4 is 15.1 Å². The fourth-order valence-electron chi connectivity index (χ4n) is 3.74. The molecule has 1 saturated heterocycles. The van der Waals surface area contributed by atoms with Gasteiger partial charge in [0.2, 0.25) is 0 Å². The van der Waals surface area contributed by atoms with Crippen molar-refractivity contribution in [3.8, 4) is 5.69 Å². The minimum absolute atomic E-state index is 0.162. The van der Waals surface area contributed by atoms with Crippen molar-refractivity contribution >= 4 is 11.6 Å². The lowest BCUT2D eigenvalue weighted by atomic mass is 10.2. The summed E-state index contributed by atoms with van der Waals surface area (Å²) in [5.74, 6) is 2.66. The molecule has 0 aliphatic carbocycles. The van der Waals surface area contributed by atoms with Crippen LogP contribution in [0.4, 0.5) is 11.6 Å². The standard InChI is InChI=1S/C21H27N7O/c1-26(2)19-11-20(25-15-24-19)28-14-18(29)10-17(28)12-22-13-21-23-8-9-27(21)16-6-4-3-5-7-16/h3-9,11,15,17-18,22,29H,10,12-14H2,1-2H3/t17-,18-/m1/s1. The molecular weight excluding hydrogens is 366 g/mol. The maximum atomic E-state index is 10.2. The number of nitrogens with zero attached hydrogens (tertiary/aromatic N) is 6. The van der Waals surface area contributed by atoms with Crippen molar-refractivity contribution in [2.45, 2.75) is 25.1 Å². The van der Waals surface area contributed by atoms with E-state index in [0.717, 1.165) is 29.7 Å². The van der Waals surface area contributed by atoms with Crippen LogP contribution in [-0.4, -0.2) is 64.0 Å². The number of hydrogen-bond acceptors (Lipinski definition) is 7. The molecule has 29 heavy (non-hydrogen) atoms. The molecule has 1 fully saturated rings. The van der Waals surface area contributed by atoms with Gasteiger partial charge in [0.25, 0.3) is 0 Å². The Labute approximate surface area is 170 Å². The summed E-state index contributed by atoms with van der Waals surface area (Å²) in [5, 5.41) is 13.8. The van der Waals surface area contributed by atoms with Gasteiger partial charge in [0.1, 0.15) is 23.8 Å². The second kappa shape index (κ2) is 8.59. The lowest BCUT2D eigenvalue weighted by molar-refractivity contribution is 0.194. The van der Waals surface area contributed by atoms with Crippen LogP contribution in [0.2, 0.25) is 0 Å². The van der Waals surface area contributed by atoms with Crippen LogP contribution in [0.1, 0.15) is 12.2 Å². The zero-order chi connectivity index (χ0) is 20.2. The molecule has 4 rings (SSSR count). The Morgan fingerprint density at radius 1 is 1.17 bits per heavy atom. The SMILES string of the molecule is CN(C)c1cc(N2C[C@H](O)C[C@@H]2CNCc2nccn2-c2ccccc2)ncn1. The molecule has 0 spiro atoms. The fourth-order valence-corrected chi connectivity index (χ4v) is 3.74. The normalized spacial score (nSPS) is 18.9. The minimum Gasteiger partial charge on any atom is -0.391 e. The van der Waals surface area contributed by atoms with Gasteiger partial charge in [-0.3, -0.25) is 0 Å². The number of imidazole rings is 1. The molecular formula is C21H27N7O. The number of β-amino-alcohol motifs (C(OH)–C–C–N with tert-alkyl or cyclic N) is 1. The molecule has 2 atom stereocenters. The maximum absolute atomic E-state index is 10.2. The van der Waals surface area contributed by atoms with E-state index in [4.69, 9.17) is 0 Å². The number of benzene rings is 1. The third-order valence-electron chi connectivity index (χ3n) is 5.20. The summed E-state index contributed by atoms with van der Waals surface area (Å²) in [6.07, 6.45) is 5.73. The fraction of sp³-hybridized carbons (Fsp3) is 0.381. The van der Waals surface area contributed by atoms with E-state index in [2.05, 4.69) is 41.9 Å². The largest absolute Gasteiger partial charge is 0.391 e. The molecule has 2 aromatic heterocycles. The molecule has 0 unspecified atom stereocenters. The van der Waals surface area contributed by atoms with Crippen molar-refractivity contribution in [3.05, 3.63) is 60.9 Å². The average Bonchev–Trinajstić information content (AvgIpc) is 3.35. The number of para-hydroxylation sites is 1. The van der Waals surface area contributed by atoms with Gasteiger partial charge in [-0.25, -0.2) is 15.0 Å². The quantitative estimate of drug-likeness (QED) is 0.629. The second-order valence-corrected chi connectivity index (χ2v) is 7.50. The first kappa shape index (κ1) is 19.4. The van der Waals surface area contributed by atoms with Crippen molar-refractivity contribution < 1.29 is 5.11 Å². The van der Waals surface area contributed by atoms with E-state index >= 15 is 0 Å². The van der Waals surface area contributed by atoms with Crippen molar-refractivity contribution in [2.24, 2.45) is 0 Å². The number of aliphatic hydroxyl groups is 1. The Morgan fingerprint density at radius 3 is 2.79 bits per heavy atom. The second-order valence-electron chi connectivity index (χ2n) is 7.50. The summed E-state index contributed by atoms with van der Waals surface area (Å²) in [7, 11) is 3.91. The smallest absolute Gasteiger partial charge is 0.134 e. The molecule has 2 N–H and O–H groups in total. The van der Waals surface area contributed by atoms with Crippen LogP contribution >= 0.6 is 0 Å². The number of aliphatic hydroxyl groups excluding tert-OH is 1. The summed E-state index contributed by atoms with van der Waals surface area (Å²) in [4.78, 5) is 17.3. The van der Waals surface area contributed by atoms with Crippen LogP contribution in [0.15, 0.2) is 55.1 Å². The van der Waals surface area contributed by atoms with Gasteiger partial charge >= 0.3 is 0 Å². The lowest BCUT2D eigenvalue weighted by Gasteiger charge is -2.26. The summed E-state index contributed by atoms with van der Waals surface area (Å²) in [5.41, 5.74) is 1.09. The predicted octanol–water partition coefficient (Wildman–Crippen LogP) is 1.46. The van der Waals surface area contributed by atoms with Crippen LogP contribution in [0.3, 0.4) is 0 Å². The Kier molecular flexibility index (Phi) is 5.73. The van der Waals surface area contributed by atoms with Crippen molar-refractivity contribution in [1.82, 2.24) is 24.8 Å². The third-order valence-corrected chi connectivity index (χ3v) is 5.20.